The molecule has 0 atom stereocenters. The molecule has 0 aromatic heterocycles. The Labute approximate surface area is 105 Å². The standard InChI is InChI=1S/C14H13ClFN/c1-10-5-2-3-6-11(10)9-17-13-8-4-7-12(15)14(13)16/h2-8,17H,9H2,1H3. The van der Waals surface area contributed by atoms with Gasteiger partial charge in [-0.05, 0) is 30.2 Å². The molecular weight excluding hydrogens is 237 g/mol. The summed E-state index contributed by atoms with van der Waals surface area (Å²) in [4.78, 5) is 0. The van der Waals surface area contributed by atoms with E-state index in [4.69, 9.17) is 11.6 Å². The Kier molecular flexibility index (Phi) is 3.64. The molecule has 0 bridgehead atoms. The molecule has 0 heterocycles. The average Bonchev–Trinajstić information content (AvgIpc) is 2.33. The topological polar surface area (TPSA) is 12.0 Å². The molecule has 0 saturated heterocycles. The van der Waals surface area contributed by atoms with Crippen LogP contribution in [0.5, 0.6) is 0 Å². The van der Waals surface area contributed by atoms with Crippen molar-refractivity contribution in [2.24, 2.45) is 0 Å². The zero-order valence-electron chi connectivity index (χ0n) is 9.50. The molecule has 0 aliphatic carbocycles. The zero-order valence-corrected chi connectivity index (χ0v) is 10.3. The van der Waals surface area contributed by atoms with Crippen molar-refractivity contribution in [2.45, 2.75) is 13.5 Å². The Bertz CT molecular complexity index is 525. The smallest absolute Gasteiger partial charge is 0.164 e. The number of rotatable bonds is 3. The first-order valence-electron chi connectivity index (χ1n) is 5.41. The van der Waals surface area contributed by atoms with Gasteiger partial charge < -0.3 is 5.32 Å². The monoisotopic (exact) mass is 249 g/mol. The van der Waals surface area contributed by atoms with Gasteiger partial charge in [-0.3, -0.25) is 0 Å². The minimum atomic E-state index is -0.400. The minimum absolute atomic E-state index is 0.139. The van der Waals surface area contributed by atoms with Crippen LogP contribution in [0.15, 0.2) is 42.5 Å². The van der Waals surface area contributed by atoms with Crippen molar-refractivity contribution < 1.29 is 4.39 Å². The van der Waals surface area contributed by atoms with Crippen molar-refractivity contribution >= 4 is 17.3 Å². The largest absolute Gasteiger partial charge is 0.379 e. The highest BCUT2D eigenvalue weighted by atomic mass is 35.5. The maximum atomic E-state index is 13.6. The van der Waals surface area contributed by atoms with Crippen molar-refractivity contribution in [3.63, 3.8) is 0 Å². The molecule has 0 spiro atoms. The average molecular weight is 250 g/mol. The second-order valence-electron chi connectivity index (χ2n) is 3.88. The summed E-state index contributed by atoms with van der Waals surface area (Å²) in [6.07, 6.45) is 0. The molecule has 2 aromatic rings. The molecule has 2 rings (SSSR count). The molecule has 0 unspecified atom stereocenters. The molecule has 1 nitrogen and oxygen atoms in total. The van der Waals surface area contributed by atoms with E-state index in [9.17, 15) is 4.39 Å². The van der Waals surface area contributed by atoms with E-state index in [1.165, 1.54) is 11.6 Å². The third-order valence-corrected chi connectivity index (χ3v) is 2.97. The zero-order chi connectivity index (χ0) is 12.3. The van der Waals surface area contributed by atoms with E-state index >= 15 is 0 Å². The van der Waals surface area contributed by atoms with Crippen LogP contribution in [0.1, 0.15) is 11.1 Å². The van der Waals surface area contributed by atoms with Crippen molar-refractivity contribution in [3.8, 4) is 0 Å². The molecule has 2 aromatic carbocycles. The van der Waals surface area contributed by atoms with Crippen LogP contribution in [0.2, 0.25) is 5.02 Å². The van der Waals surface area contributed by atoms with Crippen LogP contribution >= 0.6 is 11.6 Å². The summed E-state index contributed by atoms with van der Waals surface area (Å²) >= 11 is 5.71. The summed E-state index contributed by atoms with van der Waals surface area (Å²) in [5.74, 6) is -0.400. The molecule has 0 radical (unpaired) electrons. The predicted molar refractivity (Wildman–Crippen MR) is 69.9 cm³/mol. The maximum Gasteiger partial charge on any atom is 0.164 e. The van der Waals surface area contributed by atoms with E-state index in [2.05, 4.69) is 5.32 Å². The van der Waals surface area contributed by atoms with Crippen molar-refractivity contribution in [1.82, 2.24) is 0 Å². The van der Waals surface area contributed by atoms with E-state index in [1.54, 1.807) is 12.1 Å². The van der Waals surface area contributed by atoms with Gasteiger partial charge in [-0.15, -0.1) is 0 Å². The lowest BCUT2D eigenvalue weighted by molar-refractivity contribution is 0.630. The highest BCUT2D eigenvalue weighted by molar-refractivity contribution is 6.31. The van der Waals surface area contributed by atoms with Crippen LogP contribution in [0, 0.1) is 12.7 Å². The number of aryl methyl sites for hydroxylation is 1. The van der Waals surface area contributed by atoms with Crippen molar-refractivity contribution in [2.75, 3.05) is 5.32 Å². The number of nitrogens with one attached hydrogen (secondary N) is 1. The fourth-order valence-corrected chi connectivity index (χ4v) is 1.81. The van der Waals surface area contributed by atoms with Gasteiger partial charge in [-0.25, -0.2) is 4.39 Å². The Morgan fingerprint density at radius 1 is 1.12 bits per heavy atom. The summed E-state index contributed by atoms with van der Waals surface area (Å²) in [7, 11) is 0. The van der Waals surface area contributed by atoms with E-state index in [0.29, 0.717) is 12.2 Å². The Hall–Kier alpha value is -1.54. The molecule has 1 N–H and O–H groups in total. The van der Waals surface area contributed by atoms with Crippen LogP contribution in [0.3, 0.4) is 0 Å². The second kappa shape index (κ2) is 5.19. The van der Waals surface area contributed by atoms with Gasteiger partial charge in [0.1, 0.15) is 0 Å². The van der Waals surface area contributed by atoms with Crippen LogP contribution < -0.4 is 5.32 Å². The second-order valence-corrected chi connectivity index (χ2v) is 4.29. The molecule has 17 heavy (non-hydrogen) atoms. The summed E-state index contributed by atoms with van der Waals surface area (Å²) in [5, 5.41) is 3.19. The van der Waals surface area contributed by atoms with E-state index in [-0.39, 0.29) is 5.02 Å². The number of halogens is 2. The number of anilines is 1. The number of hydrogen-bond acceptors (Lipinski definition) is 1. The normalized spacial score (nSPS) is 10.3. The first kappa shape index (κ1) is 11.9. The van der Waals surface area contributed by atoms with Gasteiger partial charge in [-0.2, -0.15) is 0 Å². The fraction of sp³-hybridized carbons (Fsp3) is 0.143. The van der Waals surface area contributed by atoms with E-state index < -0.39 is 5.82 Å². The highest BCUT2D eigenvalue weighted by Crippen LogP contribution is 2.22. The van der Waals surface area contributed by atoms with Gasteiger partial charge in [0, 0.05) is 6.54 Å². The van der Waals surface area contributed by atoms with E-state index in [1.807, 2.05) is 31.2 Å². The molecule has 0 saturated carbocycles. The molecule has 3 heteroatoms. The third kappa shape index (κ3) is 2.77. The van der Waals surface area contributed by atoms with Crippen LogP contribution in [0.4, 0.5) is 10.1 Å². The van der Waals surface area contributed by atoms with Crippen LogP contribution in [-0.2, 0) is 6.54 Å². The van der Waals surface area contributed by atoms with Crippen molar-refractivity contribution in [3.05, 3.63) is 64.4 Å². The number of benzene rings is 2. The lowest BCUT2D eigenvalue weighted by atomic mass is 10.1. The Balaban J connectivity index is 2.13. The molecule has 0 fully saturated rings. The van der Waals surface area contributed by atoms with Gasteiger partial charge in [0.25, 0.3) is 0 Å². The van der Waals surface area contributed by atoms with Gasteiger partial charge >= 0.3 is 0 Å². The third-order valence-electron chi connectivity index (χ3n) is 2.68. The summed E-state index contributed by atoms with van der Waals surface area (Å²) in [6, 6.07) is 13.0. The minimum Gasteiger partial charge on any atom is -0.379 e. The lowest BCUT2D eigenvalue weighted by Crippen LogP contribution is -2.03. The first-order chi connectivity index (χ1) is 8.18. The molecule has 0 aliphatic heterocycles. The molecular formula is C14H13ClFN. The summed E-state index contributed by atoms with van der Waals surface area (Å²) in [6.45, 7) is 2.62. The predicted octanol–water partition coefficient (Wildman–Crippen LogP) is 4.40. The SMILES string of the molecule is Cc1ccccc1CNc1cccc(Cl)c1F. The Morgan fingerprint density at radius 2 is 1.88 bits per heavy atom. The molecule has 0 aliphatic rings. The first-order valence-corrected chi connectivity index (χ1v) is 5.78. The van der Waals surface area contributed by atoms with Crippen LogP contribution in [-0.4, -0.2) is 0 Å². The van der Waals surface area contributed by atoms with Gasteiger partial charge in [0.15, 0.2) is 5.82 Å². The van der Waals surface area contributed by atoms with Crippen molar-refractivity contribution in [1.29, 1.82) is 0 Å². The van der Waals surface area contributed by atoms with Gasteiger partial charge in [-0.1, -0.05) is 41.9 Å². The van der Waals surface area contributed by atoms with Gasteiger partial charge in [0.05, 0.1) is 10.7 Å². The summed E-state index contributed by atoms with van der Waals surface area (Å²) in [5.41, 5.74) is 2.76. The summed E-state index contributed by atoms with van der Waals surface area (Å²) < 4.78 is 13.6. The van der Waals surface area contributed by atoms with E-state index in [0.717, 1.165) is 5.56 Å². The van der Waals surface area contributed by atoms with Gasteiger partial charge in [0.2, 0.25) is 0 Å². The molecule has 0 amide bonds. The Morgan fingerprint density at radius 3 is 2.65 bits per heavy atom. The molecule has 88 valence electrons. The highest BCUT2D eigenvalue weighted by Gasteiger charge is 2.05. The van der Waals surface area contributed by atoms with Crippen LogP contribution in [0.25, 0.3) is 0 Å². The lowest BCUT2D eigenvalue weighted by Gasteiger charge is -2.10. The fourth-order valence-electron chi connectivity index (χ4n) is 1.64. The maximum absolute atomic E-state index is 13.6. The number of hydrogen-bond donors (Lipinski definition) is 1. The quantitative estimate of drug-likeness (QED) is 0.850.